The summed E-state index contributed by atoms with van der Waals surface area (Å²) in [6.07, 6.45) is 4.97. The van der Waals surface area contributed by atoms with Gasteiger partial charge in [-0.3, -0.25) is 4.79 Å². The van der Waals surface area contributed by atoms with Crippen molar-refractivity contribution in [3.63, 3.8) is 0 Å². The number of carbonyl (C=O) groups excluding carboxylic acids is 1. The van der Waals surface area contributed by atoms with Gasteiger partial charge < -0.3 is 4.90 Å². The highest BCUT2D eigenvalue weighted by Gasteiger charge is 2.35. The van der Waals surface area contributed by atoms with Crippen molar-refractivity contribution in [2.24, 2.45) is 0 Å². The molecule has 1 aromatic heterocycles. The van der Waals surface area contributed by atoms with Gasteiger partial charge in [-0.05, 0) is 35.3 Å². The van der Waals surface area contributed by atoms with E-state index >= 15 is 0 Å². The predicted molar refractivity (Wildman–Crippen MR) is 110 cm³/mol. The molecule has 29 heavy (non-hydrogen) atoms. The van der Waals surface area contributed by atoms with Gasteiger partial charge in [0, 0.05) is 12.6 Å². The maximum atomic E-state index is 13.1. The van der Waals surface area contributed by atoms with Crippen LogP contribution in [-0.2, 0) is 21.2 Å². The van der Waals surface area contributed by atoms with E-state index in [4.69, 9.17) is 0 Å². The van der Waals surface area contributed by atoms with E-state index in [2.05, 4.69) is 15.5 Å². The summed E-state index contributed by atoms with van der Waals surface area (Å²) in [7, 11) is -3.08. The van der Waals surface area contributed by atoms with Gasteiger partial charge >= 0.3 is 0 Å². The van der Waals surface area contributed by atoms with E-state index in [9.17, 15) is 13.2 Å². The van der Waals surface area contributed by atoms with E-state index in [-0.39, 0.29) is 29.2 Å². The minimum absolute atomic E-state index is 0.0378. The molecule has 8 nitrogen and oxygen atoms in total. The van der Waals surface area contributed by atoms with E-state index in [1.165, 1.54) is 24.6 Å². The maximum absolute atomic E-state index is 13.1. The van der Waals surface area contributed by atoms with Crippen LogP contribution in [0.2, 0.25) is 0 Å². The summed E-state index contributed by atoms with van der Waals surface area (Å²) in [5.74, 6) is 0.289. The van der Waals surface area contributed by atoms with E-state index in [1.54, 1.807) is 4.90 Å². The molecule has 0 bridgehead atoms. The lowest BCUT2D eigenvalue weighted by atomic mass is 10.1. The number of carbonyl (C=O) groups is 1. The van der Waals surface area contributed by atoms with Gasteiger partial charge in [-0.15, -0.1) is 5.10 Å². The number of thioether (sulfide) groups is 1. The van der Waals surface area contributed by atoms with E-state index in [1.807, 2.05) is 35.0 Å². The molecule has 1 saturated heterocycles. The van der Waals surface area contributed by atoms with E-state index in [0.29, 0.717) is 24.2 Å². The van der Waals surface area contributed by atoms with Crippen LogP contribution in [0.3, 0.4) is 0 Å². The number of hydrogen-bond acceptors (Lipinski definition) is 7. The summed E-state index contributed by atoms with van der Waals surface area (Å²) >= 11 is 1.33. The third kappa shape index (κ3) is 4.98. The topological polar surface area (TPSA) is 98.1 Å². The molecule has 4 rings (SSSR count). The van der Waals surface area contributed by atoms with Crippen LogP contribution in [0.1, 0.15) is 43.7 Å². The fraction of sp³-hybridized carbons (Fsp3) is 0.579. The van der Waals surface area contributed by atoms with Crippen molar-refractivity contribution in [3.8, 4) is 0 Å². The molecular weight excluding hydrogens is 410 g/mol. The first-order chi connectivity index (χ1) is 14.0. The van der Waals surface area contributed by atoms with Crippen molar-refractivity contribution < 1.29 is 13.2 Å². The lowest BCUT2D eigenvalue weighted by Crippen LogP contribution is -2.41. The second kappa shape index (κ2) is 8.83. The van der Waals surface area contributed by atoms with Crippen molar-refractivity contribution in [1.29, 1.82) is 0 Å². The summed E-state index contributed by atoms with van der Waals surface area (Å²) in [4.78, 5) is 14.8. The average Bonchev–Trinajstić information content (AvgIpc) is 3.45. The standard InChI is InChI=1S/C19H25N5O3S2/c25-18(13-28-19-20-21-22-24(19)16-8-4-5-9-16)23(12-15-6-2-1-3-7-15)17-10-11-29(26,27)14-17/h1-3,6-7,16-17H,4-5,8-14H2/t17-/m0/s1. The van der Waals surface area contributed by atoms with Gasteiger partial charge in [-0.1, -0.05) is 54.9 Å². The molecular formula is C19H25N5O3S2. The number of amides is 1. The van der Waals surface area contributed by atoms with Gasteiger partial charge in [-0.25, -0.2) is 13.1 Å². The average molecular weight is 436 g/mol. The molecule has 1 saturated carbocycles. The van der Waals surface area contributed by atoms with Crippen LogP contribution in [-0.4, -0.2) is 62.7 Å². The van der Waals surface area contributed by atoms with Crippen LogP contribution in [0.15, 0.2) is 35.5 Å². The van der Waals surface area contributed by atoms with Crippen molar-refractivity contribution in [3.05, 3.63) is 35.9 Å². The first kappa shape index (κ1) is 20.3. The summed E-state index contributed by atoms with van der Waals surface area (Å²) in [5, 5.41) is 12.7. The monoisotopic (exact) mass is 435 g/mol. The zero-order chi connectivity index (χ0) is 20.3. The second-order valence-electron chi connectivity index (χ2n) is 7.70. The van der Waals surface area contributed by atoms with Crippen LogP contribution in [0.25, 0.3) is 0 Å². The highest BCUT2D eigenvalue weighted by Crippen LogP contribution is 2.31. The molecule has 1 atom stereocenters. The van der Waals surface area contributed by atoms with Crippen molar-refractivity contribution in [2.75, 3.05) is 17.3 Å². The number of rotatable bonds is 7. The Morgan fingerprint density at radius 3 is 2.62 bits per heavy atom. The molecule has 2 fully saturated rings. The quantitative estimate of drug-likeness (QED) is 0.614. The zero-order valence-electron chi connectivity index (χ0n) is 16.2. The van der Waals surface area contributed by atoms with Crippen LogP contribution >= 0.6 is 11.8 Å². The van der Waals surface area contributed by atoms with Crippen LogP contribution in [0.4, 0.5) is 0 Å². The van der Waals surface area contributed by atoms with Gasteiger partial charge in [0.1, 0.15) is 0 Å². The number of hydrogen-bond donors (Lipinski definition) is 0. The van der Waals surface area contributed by atoms with Gasteiger partial charge in [-0.2, -0.15) is 0 Å². The molecule has 10 heteroatoms. The zero-order valence-corrected chi connectivity index (χ0v) is 17.8. The molecule has 1 amide bonds. The van der Waals surface area contributed by atoms with Crippen molar-refractivity contribution in [1.82, 2.24) is 25.1 Å². The molecule has 1 aliphatic heterocycles. The van der Waals surface area contributed by atoms with E-state index < -0.39 is 9.84 Å². The number of benzene rings is 1. The number of tetrazole rings is 1. The van der Waals surface area contributed by atoms with Gasteiger partial charge in [0.05, 0.1) is 23.3 Å². The molecule has 1 aromatic carbocycles. The first-order valence-electron chi connectivity index (χ1n) is 9.96. The molecule has 0 unspecified atom stereocenters. The Morgan fingerprint density at radius 2 is 1.93 bits per heavy atom. The first-order valence-corrected chi connectivity index (χ1v) is 12.8. The number of nitrogens with zero attached hydrogens (tertiary/aromatic N) is 5. The lowest BCUT2D eigenvalue weighted by Gasteiger charge is -2.28. The van der Waals surface area contributed by atoms with Gasteiger partial charge in [0.15, 0.2) is 9.84 Å². The van der Waals surface area contributed by atoms with Crippen LogP contribution in [0, 0.1) is 0 Å². The summed E-state index contributed by atoms with van der Waals surface area (Å²) < 4.78 is 25.8. The minimum atomic E-state index is -3.08. The van der Waals surface area contributed by atoms with Crippen molar-refractivity contribution >= 4 is 27.5 Å². The van der Waals surface area contributed by atoms with Crippen LogP contribution in [0.5, 0.6) is 0 Å². The molecule has 0 N–H and O–H groups in total. The number of aromatic nitrogens is 4. The van der Waals surface area contributed by atoms with Gasteiger partial charge in [0.25, 0.3) is 0 Å². The normalized spacial score (nSPS) is 21.4. The maximum Gasteiger partial charge on any atom is 0.233 e. The van der Waals surface area contributed by atoms with Gasteiger partial charge in [0.2, 0.25) is 11.1 Å². The Bertz CT molecular complexity index is 942. The van der Waals surface area contributed by atoms with E-state index in [0.717, 1.165) is 18.4 Å². The highest BCUT2D eigenvalue weighted by molar-refractivity contribution is 7.99. The Balaban J connectivity index is 1.46. The Morgan fingerprint density at radius 1 is 1.17 bits per heavy atom. The predicted octanol–water partition coefficient (Wildman–Crippen LogP) is 2.10. The van der Waals surface area contributed by atoms with Crippen molar-refractivity contribution in [2.45, 2.75) is 55.9 Å². The Hall–Kier alpha value is -1.94. The third-order valence-corrected chi connectivity index (χ3v) is 8.29. The third-order valence-electron chi connectivity index (χ3n) is 5.62. The summed E-state index contributed by atoms with van der Waals surface area (Å²) in [6.45, 7) is 0.411. The lowest BCUT2D eigenvalue weighted by molar-refractivity contribution is -0.130. The number of sulfone groups is 1. The Kier molecular flexibility index (Phi) is 6.19. The highest BCUT2D eigenvalue weighted by atomic mass is 32.2. The molecule has 2 aromatic rings. The second-order valence-corrected chi connectivity index (χ2v) is 10.9. The molecule has 2 aliphatic rings. The molecule has 0 radical (unpaired) electrons. The van der Waals surface area contributed by atoms with Crippen LogP contribution < -0.4 is 0 Å². The molecule has 156 valence electrons. The molecule has 0 spiro atoms. The smallest absolute Gasteiger partial charge is 0.233 e. The fourth-order valence-corrected chi connectivity index (χ4v) is 6.65. The molecule has 1 aliphatic carbocycles. The minimum Gasteiger partial charge on any atom is -0.334 e. The fourth-order valence-electron chi connectivity index (χ4n) is 4.09. The summed E-state index contributed by atoms with van der Waals surface area (Å²) in [6, 6.07) is 9.72. The summed E-state index contributed by atoms with van der Waals surface area (Å²) in [5.41, 5.74) is 0.992. The largest absolute Gasteiger partial charge is 0.334 e. The Labute approximate surface area is 175 Å². The molecule has 2 heterocycles. The SMILES string of the molecule is O=C(CSc1nnnn1C1CCCC1)N(Cc1ccccc1)[C@H]1CCS(=O)(=O)C1.